The number of nitrogens with zero attached hydrogens (tertiary/aromatic N) is 2. The lowest BCUT2D eigenvalue weighted by molar-refractivity contribution is -0.197. The first-order valence-corrected chi connectivity index (χ1v) is 7.07. The summed E-state index contributed by atoms with van der Waals surface area (Å²) in [6.07, 6.45) is 3.92. The van der Waals surface area contributed by atoms with E-state index in [9.17, 15) is 0 Å². The van der Waals surface area contributed by atoms with E-state index in [4.69, 9.17) is 4.74 Å². The maximum absolute atomic E-state index is 6.18. The zero-order valence-corrected chi connectivity index (χ0v) is 11.5. The van der Waals surface area contributed by atoms with Crippen LogP contribution in [0.25, 0.3) is 0 Å². The van der Waals surface area contributed by atoms with E-state index in [1.165, 1.54) is 32.4 Å². The molecule has 0 radical (unpaired) electrons. The maximum atomic E-state index is 6.18. The van der Waals surface area contributed by atoms with Crippen LogP contribution in [0.1, 0.15) is 33.1 Å². The van der Waals surface area contributed by atoms with Crippen molar-refractivity contribution in [1.82, 2.24) is 9.80 Å². The molecule has 0 aliphatic carbocycles. The van der Waals surface area contributed by atoms with Crippen LogP contribution in [-0.2, 0) is 4.74 Å². The fourth-order valence-electron chi connectivity index (χ4n) is 4.02. The minimum Gasteiger partial charge on any atom is -0.371 e. The van der Waals surface area contributed by atoms with Crippen molar-refractivity contribution in [2.75, 3.05) is 39.8 Å². The van der Waals surface area contributed by atoms with E-state index in [0.717, 1.165) is 19.7 Å². The normalized spacial score (nSPS) is 37.2. The summed E-state index contributed by atoms with van der Waals surface area (Å²) in [5.41, 5.74) is 0.682. The van der Waals surface area contributed by atoms with Gasteiger partial charge in [0.25, 0.3) is 0 Å². The monoisotopic (exact) mass is 238 g/mol. The summed E-state index contributed by atoms with van der Waals surface area (Å²) in [7, 11) is 2.20. The number of ether oxygens (including phenoxy) is 1. The summed E-state index contributed by atoms with van der Waals surface area (Å²) < 4.78 is 6.18. The molecule has 0 N–H and O–H groups in total. The van der Waals surface area contributed by atoms with Gasteiger partial charge in [-0.15, -0.1) is 0 Å². The van der Waals surface area contributed by atoms with Crippen LogP contribution in [0.15, 0.2) is 0 Å². The van der Waals surface area contributed by atoms with E-state index in [1.54, 1.807) is 0 Å². The van der Waals surface area contributed by atoms with Gasteiger partial charge < -0.3 is 9.64 Å². The fraction of sp³-hybridized carbons (Fsp3) is 1.00. The quantitative estimate of drug-likeness (QED) is 0.690. The first kappa shape index (κ1) is 11.9. The average molecular weight is 238 g/mol. The Balaban J connectivity index is 1.72. The van der Waals surface area contributed by atoms with Crippen molar-refractivity contribution in [3.8, 4) is 0 Å². The number of likely N-dealkylation sites (N-methyl/N-ethyl adjacent to an activating group) is 1. The number of rotatable bonds is 1. The molecule has 0 aromatic heterocycles. The van der Waals surface area contributed by atoms with Gasteiger partial charge in [-0.25, -0.2) is 0 Å². The van der Waals surface area contributed by atoms with Gasteiger partial charge >= 0.3 is 0 Å². The SMILES string of the molecule is CN1CC2(C1)OCCCC2N1CCC(C)(C)C1. The third kappa shape index (κ3) is 2.02. The summed E-state index contributed by atoms with van der Waals surface area (Å²) >= 11 is 0. The molecule has 3 aliphatic rings. The maximum Gasteiger partial charge on any atom is 0.109 e. The summed E-state index contributed by atoms with van der Waals surface area (Å²) in [4.78, 5) is 5.10. The lowest BCUT2D eigenvalue weighted by atomic mass is 9.80. The Morgan fingerprint density at radius 3 is 2.53 bits per heavy atom. The van der Waals surface area contributed by atoms with Crippen LogP contribution < -0.4 is 0 Å². The Kier molecular flexibility index (Phi) is 2.77. The fourth-order valence-corrected chi connectivity index (χ4v) is 4.02. The lowest BCUT2D eigenvalue weighted by Gasteiger charge is -2.57. The Hall–Kier alpha value is -0.120. The first-order chi connectivity index (χ1) is 8.01. The molecule has 0 bridgehead atoms. The molecule has 1 atom stereocenters. The first-order valence-electron chi connectivity index (χ1n) is 7.07. The van der Waals surface area contributed by atoms with Crippen molar-refractivity contribution in [2.24, 2.45) is 5.41 Å². The third-order valence-electron chi connectivity index (χ3n) is 4.84. The molecular weight excluding hydrogens is 212 g/mol. The molecule has 17 heavy (non-hydrogen) atoms. The van der Waals surface area contributed by atoms with Crippen molar-refractivity contribution in [2.45, 2.75) is 44.8 Å². The largest absolute Gasteiger partial charge is 0.371 e. The predicted octanol–water partition coefficient (Wildman–Crippen LogP) is 1.58. The molecule has 98 valence electrons. The summed E-state index contributed by atoms with van der Waals surface area (Å²) in [5.74, 6) is 0. The Labute approximate surface area is 105 Å². The van der Waals surface area contributed by atoms with Crippen LogP contribution >= 0.6 is 0 Å². The van der Waals surface area contributed by atoms with Crippen LogP contribution in [-0.4, -0.2) is 61.3 Å². The summed E-state index contributed by atoms with van der Waals surface area (Å²) in [6, 6.07) is 0.675. The zero-order chi connectivity index (χ0) is 12.1. The van der Waals surface area contributed by atoms with Crippen LogP contribution in [0.3, 0.4) is 0 Å². The molecule has 3 fully saturated rings. The molecule has 3 nitrogen and oxygen atoms in total. The molecule has 0 aromatic carbocycles. The minimum absolute atomic E-state index is 0.174. The molecule has 1 spiro atoms. The Morgan fingerprint density at radius 2 is 1.94 bits per heavy atom. The highest BCUT2D eigenvalue weighted by molar-refractivity contribution is 5.08. The van der Waals surface area contributed by atoms with Gasteiger partial charge in [0.05, 0.1) is 0 Å². The number of hydrogen-bond acceptors (Lipinski definition) is 3. The lowest BCUT2D eigenvalue weighted by Crippen LogP contribution is -2.72. The topological polar surface area (TPSA) is 15.7 Å². The Morgan fingerprint density at radius 1 is 1.18 bits per heavy atom. The van der Waals surface area contributed by atoms with Gasteiger partial charge in [-0.1, -0.05) is 13.8 Å². The average Bonchev–Trinajstić information content (AvgIpc) is 2.57. The van der Waals surface area contributed by atoms with Crippen LogP contribution in [0, 0.1) is 5.41 Å². The molecule has 3 aliphatic heterocycles. The molecule has 3 heterocycles. The third-order valence-corrected chi connectivity index (χ3v) is 4.84. The van der Waals surface area contributed by atoms with Crippen molar-refractivity contribution in [3.05, 3.63) is 0 Å². The second-order valence-corrected chi connectivity index (χ2v) is 7.13. The van der Waals surface area contributed by atoms with Gasteiger partial charge in [0.15, 0.2) is 0 Å². The van der Waals surface area contributed by atoms with Crippen molar-refractivity contribution in [1.29, 1.82) is 0 Å². The van der Waals surface area contributed by atoms with Gasteiger partial charge in [0.1, 0.15) is 5.60 Å². The molecule has 0 aromatic rings. The molecular formula is C14H26N2O. The molecule has 3 saturated heterocycles. The summed E-state index contributed by atoms with van der Waals surface area (Å²) in [5, 5.41) is 0. The highest BCUT2D eigenvalue weighted by atomic mass is 16.5. The second-order valence-electron chi connectivity index (χ2n) is 7.13. The van der Waals surface area contributed by atoms with Crippen LogP contribution in [0.5, 0.6) is 0 Å². The molecule has 3 rings (SSSR count). The molecule has 1 unspecified atom stereocenters. The van der Waals surface area contributed by atoms with Crippen molar-refractivity contribution in [3.63, 3.8) is 0 Å². The smallest absolute Gasteiger partial charge is 0.109 e. The van der Waals surface area contributed by atoms with Gasteiger partial charge in [0.2, 0.25) is 0 Å². The summed E-state index contributed by atoms with van der Waals surface area (Å²) in [6.45, 7) is 10.6. The Bertz CT molecular complexity index is 291. The van der Waals surface area contributed by atoms with E-state index >= 15 is 0 Å². The van der Waals surface area contributed by atoms with E-state index in [1.807, 2.05) is 0 Å². The molecule has 3 heteroatoms. The number of likely N-dealkylation sites (tertiary alicyclic amines) is 2. The van der Waals surface area contributed by atoms with Crippen LogP contribution in [0.2, 0.25) is 0 Å². The number of hydrogen-bond donors (Lipinski definition) is 0. The van der Waals surface area contributed by atoms with Gasteiger partial charge in [-0.2, -0.15) is 0 Å². The highest BCUT2D eigenvalue weighted by Crippen LogP contribution is 2.40. The standard InChI is InChI=1S/C14H26N2O/c1-13(2)6-7-16(9-13)12-5-4-8-17-14(12)10-15(3)11-14/h12H,4-11H2,1-3H3. The molecule has 0 amide bonds. The van der Waals surface area contributed by atoms with E-state index in [2.05, 4.69) is 30.7 Å². The predicted molar refractivity (Wildman–Crippen MR) is 69.2 cm³/mol. The van der Waals surface area contributed by atoms with Gasteiger partial charge in [0, 0.05) is 32.3 Å². The molecule has 0 saturated carbocycles. The van der Waals surface area contributed by atoms with Crippen molar-refractivity contribution < 1.29 is 4.74 Å². The van der Waals surface area contributed by atoms with Crippen molar-refractivity contribution >= 4 is 0 Å². The van der Waals surface area contributed by atoms with E-state index in [-0.39, 0.29) is 5.60 Å². The van der Waals surface area contributed by atoms with Gasteiger partial charge in [-0.3, -0.25) is 4.90 Å². The van der Waals surface area contributed by atoms with E-state index < -0.39 is 0 Å². The zero-order valence-electron chi connectivity index (χ0n) is 11.5. The van der Waals surface area contributed by atoms with Gasteiger partial charge in [-0.05, 0) is 38.3 Å². The van der Waals surface area contributed by atoms with Crippen LogP contribution in [0.4, 0.5) is 0 Å². The second kappa shape index (κ2) is 3.94. The highest BCUT2D eigenvalue weighted by Gasteiger charge is 2.53. The minimum atomic E-state index is 0.174. The van der Waals surface area contributed by atoms with E-state index in [0.29, 0.717) is 11.5 Å².